The Morgan fingerprint density at radius 2 is 1.33 bits per heavy atom. The molecule has 0 spiro atoms. The lowest BCUT2D eigenvalue weighted by molar-refractivity contribution is -0.161. The third kappa shape index (κ3) is 0.775. The standard InChI is InChI=1S/C10H16O2/c11-9-6-1-5-2-7(4-6)10(12)8(9)3-5/h5-12H,1-4H2/t5?,6?,7?,8?,9-,10+. The summed E-state index contributed by atoms with van der Waals surface area (Å²) in [7, 11) is 0. The van der Waals surface area contributed by atoms with Crippen LogP contribution in [-0.2, 0) is 0 Å². The van der Waals surface area contributed by atoms with E-state index in [1.807, 2.05) is 0 Å². The molecule has 0 saturated heterocycles. The van der Waals surface area contributed by atoms with Crippen LogP contribution in [-0.4, -0.2) is 22.4 Å². The number of aliphatic hydroxyl groups is 2. The highest BCUT2D eigenvalue weighted by Gasteiger charge is 2.52. The lowest BCUT2D eigenvalue weighted by atomic mass is 9.54. The molecule has 0 heterocycles. The predicted octanol–water partition coefficient (Wildman–Crippen LogP) is 0.774. The Morgan fingerprint density at radius 1 is 0.750 bits per heavy atom. The van der Waals surface area contributed by atoms with Crippen molar-refractivity contribution in [1.82, 2.24) is 0 Å². The molecule has 12 heavy (non-hydrogen) atoms. The number of rotatable bonds is 0. The van der Waals surface area contributed by atoms with Crippen molar-refractivity contribution >= 4 is 0 Å². The lowest BCUT2D eigenvalue weighted by Gasteiger charge is -2.55. The SMILES string of the molecule is O[C@@H]1C2CC3CC(C2)[C@H](O)C1C3. The minimum atomic E-state index is -0.187. The monoisotopic (exact) mass is 168 g/mol. The molecule has 68 valence electrons. The molecule has 2 nitrogen and oxygen atoms in total. The number of hydrogen-bond donors (Lipinski definition) is 2. The second-order valence-corrected chi connectivity index (χ2v) is 4.97. The van der Waals surface area contributed by atoms with Crippen LogP contribution in [0, 0.1) is 23.7 Å². The van der Waals surface area contributed by atoms with Gasteiger partial charge in [-0.05, 0) is 43.4 Å². The van der Waals surface area contributed by atoms with Gasteiger partial charge in [0.05, 0.1) is 12.2 Å². The first-order valence-corrected chi connectivity index (χ1v) is 5.12. The summed E-state index contributed by atoms with van der Waals surface area (Å²) in [6, 6.07) is 0. The summed E-state index contributed by atoms with van der Waals surface area (Å²) in [5.74, 6) is 2.10. The molecular formula is C10H16O2. The van der Waals surface area contributed by atoms with E-state index in [0.29, 0.717) is 11.8 Å². The molecule has 4 aliphatic rings. The molecule has 0 radical (unpaired) electrons. The summed E-state index contributed by atoms with van der Waals surface area (Å²) < 4.78 is 0. The maximum absolute atomic E-state index is 9.84. The fraction of sp³-hybridized carbons (Fsp3) is 1.00. The van der Waals surface area contributed by atoms with E-state index in [1.165, 1.54) is 12.8 Å². The molecule has 2 heteroatoms. The zero-order chi connectivity index (χ0) is 8.29. The van der Waals surface area contributed by atoms with Crippen LogP contribution in [0.15, 0.2) is 0 Å². The molecule has 4 rings (SSSR count). The molecule has 0 amide bonds. The second-order valence-electron chi connectivity index (χ2n) is 4.97. The van der Waals surface area contributed by atoms with Crippen LogP contribution >= 0.6 is 0 Å². The van der Waals surface area contributed by atoms with Crippen LogP contribution in [0.2, 0.25) is 0 Å². The first kappa shape index (κ1) is 7.34. The molecule has 0 aliphatic heterocycles. The summed E-state index contributed by atoms with van der Waals surface area (Å²) >= 11 is 0. The van der Waals surface area contributed by atoms with Crippen LogP contribution in [0.3, 0.4) is 0 Å². The Balaban J connectivity index is 1.93. The van der Waals surface area contributed by atoms with Gasteiger partial charge in [0, 0.05) is 5.92 Å². The maximum Gasteiger partial charge on any atom is 0.0621 e. The van der Waals surface area contributed by atoms with E-state index < -0.39 is 0 Å². The van der Waals surface area contributed by atoms with Gasteiger partial charge in [-0.3, -0.25) is 0 Å². The molecule has 0 aromatic carbocycles. The smallest absolute Gasteiger partial charge is 0.0621 e. The second kappa shape index (κ2) is 2.24. The van der Waals surface area contributed by atoms with Crippen LogP contribution in [0.5, 0.6) is 0 Å². The minimum absolute atomic E-state index is 0.187. The van der Waals surface area contributed by atoms with Gasteiger partial charge in [0.25, 0.3) is 0 Å². The van der Waals surface area contributed by atoms with Gasteiger partial charge < -0.3 is 10.2 Å². The zero-order valence-electron chi connectivity index (χ0n) is 7.19. The molecule has 4 saturated carbocycles. The lowest BCUT2D eigenvalue weighted by Crippen LogP contribution is -2.55. The van der Waals surface area contributed by atoms with Crippen molar-refractivity contribution in [3.8, 4) is 0 Å². The van der Waals surface area contributed by atoms with Gasteiger partial charge >= 0.3 is 0 Å². The Bertz CT molecular complexity index is 186. The van der Waals surface area contributed by atoms with E-state index in [4.69, 9.17) is 0 Å². The normalized spacial score (nSPS) is 62.5. The van der Waals surface area contributed by atoms with Crippen LogP contribution in [0.25, 0.3) is 0 Å². The van der Waals surface area contributed by atoms with Gasteiger partial charge in [-0.25, -0.2) is 0 Å². The van der Waals surface area contributed by atoms with E-state index in [9.17, 15) is 10.2 Å². The molecule has 0 aromatic rings. The molecule has 2 N–H and O–H groups in total. The summed E-state index contributed by atoms with van der Waals surface area (Å²) in [5, 5.41) is 19.7. The molecule has 6 atom stereocenters. The minimum Gasteiger partial charge on any atom is -0.392 e. The molecular weight excluding hydrogens is 152 g/mol. The van der Waals surface area contributed by atoms with Crippen molar-refractivity contribution in [2.45, 2.75) is 37.9 Å². The highest BCUT2D eigenvalue weighted by atomic mass is 16.3. The fourth-order valence-electron chi connectivity index (χ4n) is 3.85. The highest BCUT2D eigenvalue weighted by molar-refractivity contribution is 5.02. The molecule has 4 bridgehead atoms. The highest BCUT2D eigenvalue weighted by Crippen LogP contribution is 2.53. The van der Waals surface area contributed by atoms with E-state index in [2.05, 4.69) is 0 Å². The van der Waals surface area contributed by atoms with Crippen molar-refractivity contribution in [3.05, 3.63) is 0 Å². The fourth-order valence-corrected chi connectivity index (χ4v) is 3.85. The third-order valence-corrected chi connectivity index (χ3v) is 4.33. The van der Waals surface area contributed by atoms with Crippen molar-refractivity contribution in [2.75, 3.05) is 0 Å². The van der Waals surface area contributed by atoms with Gasteiger partial charge in [-0.2, -0.15) is 0 Å². The first-order chi connectivity index (χ1) is 5.75. The third-order valence-electron chi connectivity index (χ3n) is 4.33. The van der Waals surface area contributed by atoms with Gasteiger partial charge in [-0.15, -0.1) is 0 Å². The van der Waals surface area contributed by atoms with E-state index in [-0.39, 0.29) is 18.1 Å². The van der Waals surface area contributed by atoms with Crippen molar-refractivity contribution in [3.63, 3.8) is 0 Å². The molecule has 0 aromatic heterocycles. The Kier molecular flexibility index (Phi) is 1.37. The Morgan fingerprint density at radius 3 is 1.92 bits per heavy atom. The summed E-state index contributed by atoms with van der Waals surface area (Å²) in [5.41, 5.74) is 0. The summed E-state index contributed by atoms with van der Waals surface area (Å²) in [6.45, 7) is 0. The van der Waals surface area contributed by atoms with Crippen molar-refractivity contribution < 1.29 is 10.2 Å². The van der Waals surface area contributed by atoms with Crippen molar-refractivity contribution in [1.29, 1.82) is 0 Å². The van der Waals surface area contributed by atoms with E-state index in [1.54, 1.807) is 0 Å². The van der Waals surface area contributed by atoms with Crippen LogP contribution in [0.4, 0.5) is 0 Å². The van der Waals surface area contributed by atoms with E-state index in [0.717, 1.165) is 18.8 Å². The molecule has 4 aliphatic carbocycles. The number of aliphatic hydroxyl groups excluding tert-OH is 2. The zero-order valence-corrected chi connectivity index (χ0v) is 7.19. The first-order valence-electron chi connectivity index (χ1n) is 5.12. The van der Waals surface area contributed by atoms with Crippen LogP contribution in [0.1, 0.15) is 25.7 Å². The molecule has 4 fully saturated rings. The van der Waals surface area contributed by atoms with Gasteiger partial charge in [0.2, 0.25) is 0 Å². The average molecular weight is 168 g/mol. The largest absolute Gasteiger partial charge is 0.392 e. The van der Waals surface area contributed by atoms with Crippen molar-refractivity contribution in [2.24, 2.45) is 23.7 Å². The summed E-state index contributed by atoms with van der Waals surface area (Å²) in [4.78, 5) is 0. The Labute approximate surface area is 72.6 Å². The average Bonchev–Trinajstić information content (AvgIpc) is 2.07. The summed E-state index contributed by atoms with van der Waals surface area (Å²) in [6.07, 6.45) is 4.23. The van der Waals surface area contributed by atoms with Crippen LogP contribution < -0.4 is 0 Å². The topological polar surface area (TPSA) is 40.5 Å². The Hall–Kier alpha value is -0.0800. The quantitative estimate of drug-likeness (QED) is 0.561. The maximum atomic E-state index is 9.84. The predicted molar refractivity (Wildman–Crippen MR) is 44.4 cm³/mol. The van der Waals surface area contributed by atoms with E-state index >= 15 is 0 Å². The van der Waals surface area contributed by atoms with Gasteiger partial charge in [0.1, 0.15) is 0 Å². The van der Waals surface area contributed by atoms with Gasteiger partial charge in [0.15, 0.2) is 0 Å². The van der Waals surface area contributed by atoms with Gasteiger partial charge in [-0.1, -0.05) is 0 Å². The molecule has 4 unspecified atom stereocenters. The number of hydrogen-bond acceptors (Lipinski definition) is 2.